The van der Waals surface area contributed by atoms with E-state index >= 15 is 0 Å². The lowest BCUT2D eigenvalue weighted by Crippen LogP contribution is -1.91. The van der Waals surface area contributed by atoms with Crippen LogP contribution in [0, 0.1) is 0 Å². The molecule has 0 saturated heterocycles. The third kappa shape index (κ3) is 3.62. The fraction of sp³-hybridized carbons (Fsp3) is 0.200. The van der Waals surface area contributed by atoms with Gasteiger partial charge in [0.25, 0.3) is 0 Å². The van der Waals surface area contributed by atoms with E-state index in [4.69, 9.17) is 5.73 Å². The zero-order chi connectivity index (χ0) is 10.4. The molecule has 0 radical (unpaired) electrons. The van der Waals surface area contributed by atoms with Gasteiger partial charge in [-0.2, -0.15) is 0 Å². The van der Waals surface area contributed by atoms with Crippen molar-refractivity contribution in [2.75, 3.05) is 11.5 Å². The van der Waals surface area contributed by atoms with Crippen LogP contribution in [0.25, 0.3) is 6.08 Å². The van der Waals surface area contributed by atoms with Gasteiger partial charge in [0.05, 0.1) is 11.4 Å². The summed E-state index contributed by atoms with van der Waals surface area (Å²) in [7, 11) is 0. The Kier molecular flexibility index (Phi) is 4.19. The highest BCUT2D eigenvalue weighted by atomic mass is 32.2. The van der Waals surface area contributed by atoms with Crippen LogP contribution in [0.5, 0.6) is 0 Å². The Morgan fingerprint density at radius 2 is 2.50 bits per heavy atom. The third-order valence-corrected chi connectivity index (χ3v) is 2.30. The van der Waals surface area contributed by atoms with Gasteiger partial charge in [-0.1, -0.05) is 17.8 Å². The first-order valence-corrected chi connectivity index (χ1v) is 5.19. The molecule has 0 amide bonds. The molecule has 0 saturated carbocycles. The van der Waals surface area contributed by atoms with Crippen molar-refractivity contribution in [1.82, 2.24) is 4.98 Å². The van der Waals surface area contributed by atoms with E-state index in [2.05, 4.69) is 4.98 Å². The number of carbonyl (C=O) groups is 1. The van der Waals surface area contributed by atoms with Crippen molar-refractivity contribution in [3.8, 4) is 0 Å². The average molecular weight is 208 g/mol. The van der Waals surface area contributed by atoms with Crippen molar-refractivity contribution in [3.05, 3.63) is 30.1 Å². The standard InChI is InChI=1S/C10H12N2OS/c1-8(13)14-7-3-5-10-9(11)4-2-6-12-10/h2-6H,7,11H2,1H3. The van der Waals surface area contributed by atoms with Crippen LogP contribution in [0.3, 0.4) is 0 Å². The molecule has 0 aliphatic heterocycles. The highest BCUT2D eigenvalue weighted by Crippen LogP contribution is 2.09. The number of hydrogen-bond donors (Lipinski definition) is 1. The fourth-order valence-corrected chi connectivity index (χ4v) is 1.32. The second kappa shape index (κ2) is 5.44. The quantitative estimate of drug-likeness (QED) is 0.825. The summed E-state index contributed by atoms with van der Waals surface area (Å²) in [5.74, 6) is 0.658. The number of anilines is 1. The zero-order valence-corrected chi connectivity index (χ0v) is 8.75. The predicted octanol–water partition coefficient (Wildman–Crippen LogP) is 1.96. The molecule has 0 unspecified atom stereocenters. The molecule has 2 N–H and O–H groups in total. The normalized spacial score (nSPS) is 10.6. The number of hydrogen-bond acceptors (Lipinski definition) is 4. The van der Waals surface area contributed by atoms with Crippen LogP contribution >= 0.6 is 11.8 Å². The summed E-state index contributed by atoms with van der Waals surface area (Å²) in [5.41, 5.74) is 7.07. The summed E-state index contributed by atoms with van der Waals surface area (Å²) in [6.45, 7) is 1.55. The van der Waals surface area contributed by atoms with E-state index in [-0.39, 0.29) is 5.12 Å². The van der Waals surface area contributed by atoms with Crippen molar-refractivity contribution in [2.45, 2.75) is 6.92 Å². The van der Waals surface area contributed by atoms with Crippen molar-refractivity contribution in [2.24, 2.45) is 0 Å². The molecule has 74 valence electrons. The number of rotatable bonds is 3. The first kappa shape index (κ1) is 10.8. The molecule has 0 aromatic carbocycles. The average Bonchev–Trinajstić information content (AvgIpc) is 2.15. The third-order valence-electron chi connectivity index (χ3n) is 1.53. The Morgan fingerprint density at radius 3 is 3.14 bits per heavy atom. The molecule has 14 heavy (non-hydrogen) atoms. The van der Waals surface area contributed by atoms with Gasteiger partial charge >= 0.3 is 0 Å². The smallest absolute Gasteiger partial charge is 0.186 e. The molecule has 0 atom stereocenters. The first-order chi connectivity index (χ1) is 6.70. The molecular formula is C10H12N2OS. The molecular weight excluding hydrogens is 196 g/mol. The lowest BCUT2D eigenvalue weighted by molar-refractivity contribution is -0.109. The Morgan fingerprint density at radius 1 is 1.71 bits per heavy atom. The second-order valence-electron chi connectivity index (χ2n) is 2.68. The van der Waals surface area contributed by atoms with Gasteiger partial charge in [-0.25, -0.2) is 0 Å². The van der Waals surface area contributed by atoms with E-state index < -0.39 is 0 Å². The summed E-state index contributed by atoms with van der Waals surface area (Å²) < 4.78 is 0. The van der Waals surface area contributed by atoms with Crippen LogP contribution in [0.4, 0.5) is 5.69 Å². The Labute approximate surface area is 87.4 Å². The molecule has 1 heterocycles. The minimum atomic E-state index is 0.114. The molecule has 1 rings (SSSR count). The van der Waals surface area contributed by atoms with E-state index in [1.165, 1.54) is 11.8 Å². The summed E-state index contributed by atoms with van der Waals surface area (Å²) >= 11 is 1.26. The number of nitrogens with two attached hydrogens (primary N) is 1. The minimum Gasteiger partial charge on any atom is -0.397 e. The highest BCUT2D eigenvalue weighted by Gasteiger charge is 1.93. The summed E-state index contributed by atoms with van der Waals surface area (Å²) in [6, 6.07) is 3.59. The number of thioether (sulfide) groups is 1. The second-order valence-corrected chi connectivity index (χ2v) is 3.88. The van der Waals surface area contributed by atoms with E-state index in [0.717, 1.165) is 5.69 Å². The minimum absolute atomic E-state index is 0.114. The van der Waals surface area contributed by atoms with Crippen LogP contribution in [0.2, 0.25) is 0 Å². The molecule has 3 nitrogen and oxygen atoms in total. The van der Waals surface area contributed by atoms with Gasteiger partial charge in [0.15, 0.2) is 5.12 Å². The number of carbonyl (C=O) groups excluding carboxylic acids is 1. The molecule has 0 aliphatic rings. The van der Waals surface area contributed by atoms with Gasteiger partial charge in [-0.3, -0.25) is 9.78 Å². The largest absolute Gasteiger partial charge is 0.397 e. The number of nitrogens with zero attached hydrogens (tertiary/aromatic N) is 1. The highest BCUT2D eigenvalue weighted by molar-refractivity contribution is 8.13. The maximum atomic E-state index is 10.6. The van der Waals surface area contributed by atoms with Crippen LogP contribution in [0.15, 0.2) is 24.4 Å². The number of aromatic nitrogens is 1. The lowest BCUT2D eigenvalue weighted by Gasteiger charge is -1.96. The maximum absolute atomic E-state index is 10.6. The molecule has 0 fully saturated rings. The van der Waals surface area contributed by atoms with Gasteiger partial charge in [0.1, 0.15) is 0 Å². The molecule has 0 aliphatic carbocycles. The SMILES string of the molecule is CC(=O)SCC=Cc1ncccc1N. The number of pyridine rings is 1. The molecule has 1 aromatic rings. The summed E-state index contributed by atoms with van der Waals surface area (Å²) in [6.07, 6.45) is 5.39. The van der Waals surface area contributed by atoms with Crippen LogP contribution in [-0.2, 0) is 4.79 Å². The van der Waals surface area contributed by atoms with E-state index in [1.807, 2.05) is 12.2 Å². The van der Waals surface area contributed by atoms with Gasteiger partial charge in [0, 0.05) is 18.9 Å². The Bertz CT molecular complexity index is 350. The Hall–Kier alpha value is -1.29. The number of nitrogen functional groups attached to an aromatic ring is 1. The monoisotopic (exact) mass is 208 g/mol. The van der Waals surface area contributed by atoms with E-state index in [1.54, 1.807) is 25.3 Å². The van der Waals surface area contributed by atoms with Crippen molar-refractivity contribution < 1.29 is 4.79 Å². The summed E-state index contributed by atoms with van der Waals surface area (Å²) in [4.78, 5) is 14.7. The van der Waals surface area contributed by atoms with Gasteiger partial charge < -0.3 is 5.73 Å². The zero-order valence-electron chi connectivity index (χ0n) is 7.93. The molecule has 4 heteroatoms. The lowest BCUT2D eigenvalue weighted by atomic mass is 10.3. The van der Waals surface area contributed by atoms with Gasteiger partial charge in [-0.05, 0) is 18.2 Å². The van der Waals surface area contributed by atoms with Gasteiger partial charge in [-0.15, -0.1) is 0 Å². The molecule has 0 bridgehead atoms. The first-order valence-electron chi connectivity index (χ1n) is 4.20. The van der Waals surface area contributed by atoms with Crippen molar-refractivity contribution in [3.63, 3.8) is 0 Å². The fourth-order valence-electron chi connectivity index (χ4n) is 0.894. The molecule has 1 aromatic heterocycles. The van der Waals surface area contributed by atoms with Crippen molar-refractivity contribution in [1.29, 1.82) is 0 Å². The van der Waals surface area contributed by atoms with E-state index in [9.17, 15) is 4.79 Å². The van der Waals surface area contributed by atoms with Crippen LogP contribution in [0.1, 0.15) is 12.6 Å². The van der Waals surface area contributed by atoms with Crippen molar-refractivity contribution >= 4 is 28.6 Å². The maximum Gasteiger partial charge on any atom is 0.186 e. The topological polar surface area (TPSA) is 56.0 Å². The van der Waals surface area contributed by atoms with Crippen LogP contribution in [-0.4, -0.2) is 15.9 Å². The predicted molar refractivity (Wildman–Crippen MR) is 60.8 cm³/mol. The Balaban J connectivity index is 2.52. The molecule has 0 spiro atoms. The summed E-state index contributed by atoms with van der Waals surface area (Å²) in [5, 5.41) is 0.114. The van der Waals surface area contributed by atoms with Crippen LogP contribution < -0.4 is 5.73 Å². The van der Waals surface area contributed by atoms with Gasteiger partial charge in [0.2, 0.25) is 0 Å². The van der Waals surface area contributed by atoms with E-state index in [0.29, 0.717) is 11.4 Å².